The SMILES string of the molecule is c1ccc2c(c1)c1cccc3c1n2B1c2c-3cncc2-n2c3ccccc3c3nccc1c32. The Kier molecular flexibility index (Phi) is 2.63. The maximum Gasteiger partial charge on any atom is 0.333 e. The Morgan fingerprint density at radius 2 is 1.48 bits per heavy atom. The Bertz CT molecular complexity index is 2000. The Morgan fingerprint density at radius 3 is 2.42 bits per heavy atom. The first-order valence-electron chi connectivity index (χ1n) is 11.3. The van der Waals surface area contributed by atoms with Crippen LogP contribution in [0.1, 0.15) is 0 Å². The van der Waals surface area contributed by atoms with Crippen LogP contribution < -0.4 is 10.9 Å². The largest absolute Gasteiger partial charge is 0.375 e. The van der Waals surface area contributed by atoms with Gasteiger partial charge in [-0.2, -0.15) is 0 Å². The zero-order valence-corrected chi connectivity index (χ0v) is 17.5. The maximum absolute atomic E-state index is 4.85. The van der Waals surface area contributed by atoms with E-state index in [2.05, 4.69) is 88.0 Å². The second kappa shape index (κ2) is 5.33. The van der Waals surface area contributed by atoms with Crippen LogP contribution in [-0.4, -0.2) is 25.9 Å². The number of nitrogens with zero attached hydrogens (tertiary/aromatic N) is 4. The van der Waals surface area contributed by atoms with Gasteiger partial charge in [-0.05, 0) is 29.1 Å². The van der Waals surface area contributed by atoms with Crippen LogP contribution in [0.4, 0.5) is 0 Å². The summed E-state index contributed by atoms with van der Waals surface area (Å²) in [6.45, 7) is 0.0811. The van der Waals surface area contributed by atoms with Crippen LogP contribution in [0.3, 0.4) is 0 Å². The van der Waals surface area contributed by atoms with Crippen molar-refractivity contribution in [1.29, 1.82) is 0 Å². The summed E-state index contributed by atoms with van der Waals surface area (Å²) in [4.78, 5) is 9.59. The fraction of sp³-hybridized carbons (Fsp3) is 0. The molecule has 0 saturated heterocycles. The highest BCUT2D eigenvalue weighted by molar-refractivity contribution is 6.90. The highest BCUT2D eigenvalue weighted by Crippen LogP contribution is 2.41. The summed E-state index contributed by atoms with van der Waals surface area (Å²) in [5, 5.41) is 3.79. The van der Waals surface area contributed by atoms with Gasteiger partial charge in [0.25, 0.3) is 0 Å². The molecule has 0 bridgehead atoms. The zero-order valence-electron chi connectivity index (χ0n) is 17.5. The first kappa shape index (κ1) is 16.3. The molecule has 3 aromatic carbocycles. The lowest BCUT2D eigenvalue weighted by atomic mass is 9.46. The van der Waals surface area contributed by atoms with Crippen molar-refractivity contribution in [1.82, 2.24) is 19.0 Å². The number of aromatic nitrogens is 4. The molecule has 0 radical (unpaired) electrons. The summed E-state index contributed by atoms with van der Waals surface area (Å²) in [5.74, 6) is 0. The van der Waals surface area contributed by atoms with Crippen molar-refractivity contribution >= 4 is 61.5 Å². The number of hydrogen-bond acceptors (Lipinski definition) is 2. The van der Waals surface area contributed by atoms with Gasteiger partial charge in [0.2, 0.25) is 0 Å². The molecule has 0 fully saturated rings. The second-order valence-electron chi connectivity index (χ2n) is 9.06. The van der Waals surface area contributed by atoms with Crippen LogP contribution in [0.2, 0.25) is 0 Å². The third-order valence-electron chi connectivity index (χ3n) is 7.63. The molecule has 6 heterocycles. The van der Waals surface area contributed by atoms with Gasteiger partial charge in [0, 0.05) is 50.7 Å². The summed E-state index contributed by atoms with van der Waals surface area (Å²) in [7, 11) is 0. The van der Waals surface area contributed by atoms with E-state index >= 15 is 0 Å². The molecule has 2 aliphatic rings. The van der Waals surface area contributed by atoms with E-state index in [1.165, 1.54) is 60.3 Å². The summed E-state index contributed by atoms with van der Waals surface area (Å²) >= 11 is 0. The van der Waals surface area contributed by atoms with Crippen molar-refractivity contribution in [2.24, 2.45) is 0 Å². The van der Waals surface area contributed by atoms with Gasteiger partial charge in [-0.15, -0.1) is 0 Å². The molecule has 2 aliphatic heterocycles. The smallest absolute Gasteiger partial charge is 0.333 e. The minimum absolute atomic E-state index is 0.0811. The van der Waals surface area contributed by atoms with E-state index in [0.29, 0.717) is 0 Å². The number of benzene rings is 3. The van der Waals surface area contributed by atoms with Crippen LogP contribution >= 0.6 is 0 Å². The molecular weight excluding hydrogens is 403 g/mol. The number of hydrogen-bond donors (Lipinski definition) is 0. The van der Waals surface area contributed by atoms with Crippen molar-refractivity contribution in [3.8, 4) is 16.8 Å². The molecule has 0 atom stereocenters. The van der Waals surface area contributed by atoms with E-state index in [4.69, 9.17) is 9.97 Å². The Morgan fingerprint density at radius 1 is 0.667 bits per heavy atom. The average Bonchev–Trinajstić information content (AvgIpc) is 3.39. The molecule has 4 nitrogen and oxygen atoms in total. The van der Waals surface area contributed by atoms with Gasteiger partial charge in [0.05, 0.1) is 28.4 Å². The van der Waals surface area contributed by atoms with E-state index in [0.717, 1.165) is 11.2 Å². The molecular formula is C28H15BN4. The predicted molar refractivity (Wildman–Crippen MR) is 135 cm³/mol. The molecule has 150 valence electrons. The van der Waals surface area contributed by atoms with E-state index in [1.54, 1.807) is 0 Å². The van der Waals surface area contributed by atoms with E-state index in [1.807, 2.05) is 12.4 Å². The van der Waals surface area contributed by atoms with Crippen LogP contribution in [0.5, 0.6) is 0 Å². The van der Waals surface area contributed by atoms with Gasteiger partial charge in [0.15, 0.2) is 0 Å². The van der Waals surface area contributed by atoms with Crippen molar-refractivity contribution in [2.45, 2.75) is 0 Å². The molecule has 7 aromatic rings. The fourth-order valence-electron chi connectivity index (χ4n) is 6.46. The van der Waals surface area contributed by atoms with Gasteiger partial charge < -0.3 is 9.05 Å². The lowest BCUT2D eigenvalue weighted by Crippen LogP contribution is -2.55. The monoisotopic (exact) mass is 418 g/mol. The third-order valence-corrected chi connectivity index (χ3v) is 7.63. The molecule has 0 spiro atoms. The van der Waals surface area contributed by atoms with Gasteiger partial charge in [-0.3, -0.25) is 9.97 Å². The average molecular weight is 418 g/mol. The number of fused-ring (bicyclic) bond motifs is 10. The van der Waals surface area contributed by atoms with E-state index < -0.39 is 0 Å². The Balaban J connectivity index is 1.60. The Hall–Kier alpha value is -4.38. The first-order chi connectivity index (χ1) is 16.4. The van der Waals surface area contributed by atoms with Gasteiger partial charge in [0.1, 0.15) is 0 Å². The maximum atomic E-state index is 4.85. The molecule has 5 heteroatoms. The molecule has 4 aromatic heterocycles. The highest BCUT2D eigenvalue weighted by Gasteiger charge is 2.41. The van der Waals surface area contributed by atoms with Gasteiger partial charge >= 0.3 is 6.85 Å². The Labute approximate surface area is 188 Å². The van der Waals surface area contributed by atoms with Crippen LogP contribution in [0.25, 0.3) is 60.6 Å². The van der Waals surface area contributed by atoms with E-state index in [-0.39, 0.29) is 6.85 Å². The van der Waals surface area contributed by atoms with Gasteiger partial charge in [-0.25, -0.2) is 0 Å². The summed E-state index contributed by atoms with van der Waals surface area (Å²) in [6, 6.07) is 26.3. The molecule has 0 amide bonds. The number of para-hydroxylation sites is 3. The number of pyridine rings is 2. The lowest BCUT2D eigenvalue weighted by Gasteiger charge is -2.33. The van der Waals surface area contributed by atoms with Crippen LogP contribution in [0.15, 0.2) is 91.4 Å². The van der Waals surface area contributed by atoms with Gasteiger partial charge in [-0.1, -0.05) is 54.6 Å². The predicted octanol–water partition coefficient (Wildman–Crippen LogP) is 4.63. The quantitative estimate of drug-likeness (QED) is 0.337. The van der Waals surface area contributed by atoms with E-state index in [9.17, 15) is 0 Å². The second-order valence-corrected chi connectivity index (χ2v) is 9.06. The summed E-state index contributed by atoms with van der Waals surface area (Å²) in [6.07, 6.45) is 6.06. The third kappa shape index (κ3) is 1.69. The van der Waals surface area contributed by atoms with Crippen molar-refractivity contribution in [3.63, 3.8) is 0 Å². The van der Waals surface area contributed by atoms with Crippen molar-refractivity contribution in [3.05, 3.63) is 91.4 Å². The molecule has 9 rings (SSSR count). The zero-order chi connectivity index (χ0) is 21.3. The normalized spacial score (nSPS) is 13.4. The lowest BCUT2D eigenvalue weighted by molar-refractivity contribution is 1.14. The molecule has 0 unspecified atom stereocenters. The van der Waals surface area contributed by atoms with Crippen molar-refractivity contribution in [2.75, 3.05) is 0 Å². The molecule has 0 saturated carbocycles. The molecule has 0 N–H and O–H groups in total. The molecule has 33 heavy (non-hydrogen) atoms. The highest BCUT2D eigenvalue weighted by atomic mass is 15.0. The standard InChI is InChI=1S/C28H15BN4/c1-4-11-23-16(6-1)17-8-5-9-18-20-14-30-15-24-25(20)29(33(23)27(17)18)21-12-13-31-26-19-7-2-3-10-22(19)32(24)28(21)26/h1-15H. The number of rotatable bonds is 0. The van der Waals surface area contributed by atoms with Crippen molar-refractivity contribution < 1.29 is 0 Å². The fourth-order valence-corrected chi connectivity index (χ4v) is 6.46. The van der Waals surface area contributed by atoms with Crippen LogP contribution in [0, 0.1) is 0 Å². The summed E-state index contributed by atoms with van der Waals surface area (Å²) in [5.41, 5.74) is 12.3. The summed E-state index contributed by atoms with van der Waals surface area (Å²) < 4.78 is 4.94. The first-order valence-corrected chi connectivity index (χ1v) is 11.3. The minimum atomic E-state index is 0.0811. The molecule has 0 aliphatic carbocycles. The topological polar surface area (TPSA) is 35.6 Å². The minimum Gasteiger partial charge on any atom is -0.375 e. The van der Waals surface area contributed by atoms with Crippen LogP contribution in [-0.2, 0) is 0 Å².